The van der Waals surface area contributed by atoms with Gasteiger partial charge in [-0.3, -0.25) is 4.79 Å². The van der Waals surface area contributed by atoms with Crippen molar-refractivity contribution in [2.24, 2.45) is 0 Å². The Hall–Kier alpha value is -0.780. The minimum Gasteiger partial charge on any atom is -0.321 e. The summed E-state index contributed by atoms with van der Waals surface area (Å²) in [5.74, 6) is -0.158. The first-order valence-electron chi connectivity index (χ1n) is 5.12. The molecule has 0 radical (unpaired) electrons. The molecule has 0 aromatic heterocycles. The van der Waals surface area contributed by atoms with Crippen molar-refractivity contribution in [1.82, 2.24) is 0 Å². The molecule has 2 rings (SSSR count). The fourth-order valence-corrected chi connectivity index (χ4v) is 2.80. The first-order valence-corrected chi connectivity index (χ1v) is 7.15. The molecule has 1 amide bonds. The predicted molar refractivity (Wildman–Crippen MR) is 83.5 cm³/mol. The molecule has 1 N–H and O–H groups in total. The van der Waals surface area contributed by atoms with E-state index in [-0.39, 0.29) is 5.91 Å². The molecule has 0 spiro atoms. The third kappa shape index (κ3) is 3.37. The molecule has 0 heterocycles. The Kier molecular flexibility index (Phi) is 4.48. The van der Waals surface area contributed by atoms with Crippen LogP contribution in [0, 0.1) is 0 Å². The molecular weight excluding hydrogens is 378 g/mol. The van der Waals surface area contributed by atoms with E-state index in [1.54, 1.807) is 18.2 Å². The molecule has 0 unspecified atom stereocenters. The predicted octanol–water partition coefficient (Wildman–Crippen LogP) is 4.75. The molecule has 0 aliphatic rings. The van der Waals surface area contributed by atoms with Crippen LogP contribution in [0.25, 0.3) is 0 Å². The van der Waals surface area contributed by atoms with Crippen molar-refractivity contribution < 1.29 is 4.79 Å². The van der Waals surface area contributed by atoms with Gasteiger partial charge >= 0.3 is 0 Å². The van der Waals surface area contributed by atoms with Gasteiger partial charge < -0.3 is 5.32 Å². The summed E-state index contributed by atoms with van der Waals surface area (Å²) >= 11 is 11.0. The van der Waals surface area contributed by atoms with E-state index in [2.05, 4.69) is 49.8 Å². The number of halogens is 2. The quantitative estimate of drug-likeness (QED) is 0.716. The van der Waals surface area contributed by atoms with Crippen molar-refractivity contribution in [3.8, 4) is 0 Å². The Morgan fingerprint density at radius 3 is 2.56 bits per heavy atom. The molecular formula is C13H9Br2NOS. The van der Waals surface area contributed by atoms with E-state index in [1.165, 1.54) is 0 Å². The monoisotopic (exact) mass is 385 g/mol. The molecule has 0 saturated heterocycles. The average molecular weight is 387 g/mol. The number of carbonyl (C=O) groups excluding carboxylic acids is 1. The van der Waals surface area contributed by atoms with Crippen LogP contribution in [0.2, 0.25) is 0 Å². The summed E-state index contributed by atoms with van der Waals surface area (Å²) in [4.78, 5) is 12.8. The van der Waals surface area contributed by atoms with Crippen LogP contribution in [0.4, 0.5) is 5.69 Å². The average Bonchev–Trinajstić information content (AvgIpc) is 2.32. The lowest BCUT2D eigenvalue weighted by molar-refractivity contribution is 0.102. The number of hydrogen-bond donors (Lipinski definition) is 2. The second-order valence-electron chi connectivity index (χ2n) is 3.63. The summed E-state index contributed by atoms with van der Waals surface area (Å²) in [7, 11) is 0. The number of benzene rings is 2. The van der Waals surface area contributed by atoms with Crippen LogP contribution in [0.3, 0.4) is 0 Å². The minimum absolute atomic E-state index is 0.158. The molecule has 0 fully saturated rings. The Morgan fingerprint density at radius 2 is 1.89 bits per heavy atom. The lowest BCUT2D eigenvalue weighted by Gasteiger charge is -2.08. The van der Waals surface area contributed by atoms with Gasteiger partial charge in [-0.05, 0) is 52.3 Å². The zero-order valence-corrected chi connectivity index (χ0v) is 13.2. The number of rotatable bonds is 2. The lowest BCUT2D eigenvalue weighted by Crippen LogP contribution is -2.12. The molecule has 18 heavy (non-hydrogen) atoms. The van der Waals surface area contributed by atoms with Crippen molar-refractivity contribution in [3.63, 3.8) is 0 Å². The van der Waals surface area contributed by atoms with Gasteiger partial charge in [-0.1, -0.05) is 22.0 Å². The van der Waals surface area contributed by atoms with Gasteiger partial charge in [0.2, 0.25) is 0 Å². The summed E-state index contributed by atoms with van der Waals surface area (Å²) in [6.45, 7) is 0. The van der Waals surface area contributed by atoms with Gasteiger partial charge in [0.15, 0.2) is 0 Å². The van der Waals surface area contributed by atoms with E-state index < -0.39 is 0 Å². The molecule has 92 valence electrons. The van der Waals surface area contributed by atoms with E-state index in [9.17, 15) is 4.79 Å². The normalized spacial score (nSPS) is 10.2. The maximum Gasteiger partial charge on any atom is 0.255 e. The molecule has 5 heteroatoms. The molecule has 0 aliphatic heterocycles. The number of anilines is 1. The van der Waals surface area contributed by atoms with Crippen LogP contribution >= 0.6 is 44.5 Å². The third-order valence-corrected chi connectivity index (χ3v) is 3.72. The van der Waals surface area contributed by atoms with Crippen LogP contribution in [0.1, 0.15) is 10.4 Å². The van der Waals surface area contributed by atoms with Crippen LogP contribution in [-0.2, 0) is 0 Å². The first-order chi connectivity index (χ1) is 8.56. The van der Waals surface area contributed by atoms with Crippen molar-refractivity contribution >= 4 is 56.1 Å². The second kappa shape index (κ2) is 5.91. The summed E-state index contributed by atoms with van der Waals surface area (Å²) in [5.41, 5.74) is 1.31. The van der Waals surface area contributed by atoms with Gasteiger partial charge in [0, 0.05) is 19.4 Å². The molecule has 2 aromatic rings. The Balaban J connectivity index is 2.21. The highest BCUT2D eigenvalue weighted by Gasteiger charge is 2.08. The number of amides is 1. The van der Waals surface area contributed by atoms with Crippen LogP contribution < -0.4 is 5.32 Å². The van der Waals surface area contributed by atoms with E-state index >= 15 is 0 Å². The number of nitrogens with one attached hydrogen (secondary N) is 1. The van der Waals surface area contributed by atoms with Crippen molar-refractivity contribution in [2.45, 2.75) is 4.90 Å². The maximum absolute atomic E-state index is 12.0. The Bertz CT molecular complexity index is 601. The van der Waals surface area contributed by atoms with E-state index in [0.29, 0.717) is 5.56 Å². The van der Waals surface area contributed by atoms with Gasteiger partial charge in [-0.15, -0.1) is 12.6 Å². The summed E-state index contributed by atoms with van der Waals surface area (Å²) in [6.07, 6.45) is 0. The van der Waals surface area contributed by atoms with Gasteiger partial charge in [-0.25, -0.2) is 0 Å². The zero-order valence-electron chi connectivity index (χ0n) is 9.15. The van der Waals surface area contributed by atoms with Crippen molar-refractivity contribution in [2.75, 3.05) is 5.32 Å². The van der Waals surface area contributed by atoms with Gasteiger partial charge in [-0.2, -0.15) is 0 Å². The van der Waals surface area contributed by atoms with E-state index in [1.807, 2.05) is 24.3 Å². The molecule has 0 saturated carbocycles. The van der Waals surface area contributed by atoms with Crippen molar-refractivity contribution in [3.05, 3.63) is 57.0 Å². The fourth-order valence-electron chi connectivity index (χ4n) is 1.43. The molecule has 0 atom stereocenters. The minimum atomic E-state index is -0.158. The Morgan fingerprint density at radius 1 is 1.11 bits per heavy atom. The number of carbonyl (C=O) groups is 1. The van der Waals surface area contributed by atoms with Gasteiger partial charge in [0.1, 0.15) is 0 Å². The third-order valence-electron chi connectivity index (χ3n) is 2.29. The summed E-state index contributed by atoms with van der Waals surface area (Å²) < 4.78 is 1.77. The molecule has 2 aromatic carbocycles. The van der Waals surface area contributed by atoms with E-state index in [4.69, 9.17) is 0 Å². The number of thiol groups is 1. The fraction of sp³-hybridized carbons (Fsp3) is 0. The summed E-state index contributed by atoms with van der Waals surface area (Å²) in [5, 5.41) is 2.84. The van der Waals surface area contributed by atoms with Crippen LogP contribution in [-0.4, -0.2) is 5.91 Å². The molecule has 0 bridgehead atoms. The number of hydrogen-bond acceptors (Lipinski definition) is 2. The van der Waals surface area contributed by atoms with Gasteiger partial charge in [0.25, 0.3) is 5.91 Å². The standard InChI is InChI=1S/C13H9Br2NOS/c14-9-4-5-12(11(15)7-9)16-13(17)8-2-1-3-10(18)6-8/h1-7,18H,(H,16,17). The second-order valence-corrected chi connectivity index (χ2v) is 5.92. The highest BCUT2D eigenvalue weighted by atomic mass is 79.9. The summed E-state index contributed by atoms with van der Waals surface area (Å²) in [6, 6.07) is 12.7. The highest BCUT2D eigenvalue weighted by molar-refractivity contribution is 9.11. The van der Waals surface area contributed by atoms with Crippen LogP contribution in [0.15, 0.2) is 56.3 Å². The zero-order chi connectivity index (χ0) is 13.1. The highest BCUT2D eigenvalue weighted by Crippen LogP contribution is 2.26. The molecule has 2 nitrogen and oxygen atoms in total. The lowest BCUT2D eigenvalue weighted by atomic mass is 10.2. The largest absolute Gasteiger partial charge is 0.321 e. The van der Waals surface area contributed by atoms with Gasteiger partial charge in [0.05, 0.1) is 5.69 Å². The smallest absolute Gasteiger partial charge is 0.255 e. The first kappa shape index (κ1) is 13.6. The maximum atomic E-state index is 12.0. The SMILES string of the molecule is O=C(Nc1ccc(Br)cc1Br)c1cccc(S)c1. The topological polar surface area (TPSA) is 29.1 Å². The molecule has 0 aliphatic carbocycles. The Labute approximate surface area is 127 Å². The van der Waals surface area contributed by atoms with Crippen molar-refractivity contribution in [1.29, 1.82) is 0 Å². The van der Waals surface area contributed by atoms with E-state index in [0.717, 1.165) is 19.5 Å². The van der Waals surface area contributed by atoms with Crippen LogP contribution in [0.5, 0.6) is 0 Å².